The Morgan fingerprint density at radius 3 is 2.61 bits per heavy atom. The van der Waals surface area contributed by atoms with Gasteiger partial charge in [0.05, 0.1) is 6.61 Å². The second-order valence-corrected chi connectivity index (χ2v) is 5.08. The Balaban J connectivity index is 1.79. The zero-order valence-corrected chi connectivity index (χ0v) is 11.2. The van der Waals surface area contributed by atoms with Crippen molar-refractivity contribution in [1.29, 1.82) is 0 Å². The summed E-state index contributed by atoms with van der Waals surface area (Å²) >= 11 is 0. The van der Waals surface area contributed by atoms with Gasteiger partial charge in [0.25, 0.3) is 0 Å². The minimum absolute atomic E-state index is 0.116. The standard InChI is InChI=1S/C15H22O3/c1-12(2)11-16-14-9-6-10-15(18-14)17-13-7-4-3-5-8-13/h3-5,7-8,12,14-15H,6,9-11H2,1-2H3/t14-,15+/m1/s1. The molecule has 0 unspecified atom stereocenters. The minimum atomic E-state index is -0.182. The third-order valence-corrected chi connectivity index (χ3v) is 2.81. The fraction of sp³-hybridized carbons (Fsp3) is 0.600. The summed E-state index contributed by atoms with van der Waals surface area (Å²) < 4.78 is 17.3. The van der Waals surface area contributed by atoms with Gasteiger partial charge in [-0.2, -0.15) is 0 Å². The molecule has 0 amide bonds. The Bertz CT molecular complexity index is 337. The van der Waals surface area contributed by atoms with Crippen molar-refractivity contribution >= 4 is 0 Å². The molecule has 0 N–H and O–H groups in total. The van der Waals surface area contributed by atoms with E-state index < -0.39 is 0 Å². The lowest BCUT2D eigenvalue weighted by Crippen LogP contribution is -2.34. The van der Waals surface area contributed by atoms with Crippen LogP contribution in [-0.4, -0.2) is 19.2 Å². The monoisotopic (exact) mass is 250 g/mol. The molecule has 0 aliphatic carbocycles. The normalized spacial score (nSPS) is 24.2. The summed E-state index contributed by atoms with van der Waals surface area (Å²) in [5.41, 5.74) is 0. The predicted octanol–water partition coefficient (Wildman–Crippen LogP) is 3.59. The van der Waals surface area contributed by atoms with Crippen molar-refractivity contribution in [3.8, 4) is 5.75 Å². The number of para-hydroxylation sites is 1. The van der Waals surface area contributed by atoms with E-state index in [0.29, 0.717) is 5.92 Å². The molecule has 0 aromatic heterocycles. The highest BCUT2D eigenvalue weighted by molar-refractivity contribution is 5.21. The van der Waals surface area contributed by atoms with Gasteiger partial charge in [0.15, 0.2) is 6.29 Å². The lowest BCUT2D eigenvalue weighted by Gasteiger charge is -2.30. The van der Waals surface area contributed by atoms with Crippen LogP contribution in [0.1, 0.15) is 33.1 Å². The van der Waals surface area contributed by atoms with Crippen molar-refractivity contribution < 1.29 is 14.2 Å². The van der Waals surface area contributed by atoms with Gasteiger partial charge in [0, 0.05) is 6.42 Å². The van der Waals surface area contributed by atoms with Gasteiger partial charge in [-0.15, -0.1) is 0 Å². The minimum Gasteiger partial charge on any atom is -0.465 e. The third-order valence-electron chi connectivity index (χ3n) is 2.81. The first kappa shape index (κ1) is 13.4. The van der Waals surface area contributed by atoms with E-state index in [0.717, 1.165) is 31.6 Å². The lowest BCUT2D eigenvalue weighted by atomic mass is 10.2. The molecule has 2 rings (SSSR count). The molecule has 0 bridgehead atoms. The van der Waals surface area contributed by atoms with Crippen molar-refractivity contribution in [1.82, 2.24) is 0 Å². The molecule has 1 fully saturated rings. The second kappa shape index (κ2) is 6.76. The average Bonchev–Trinajstić information content (AvgIpc) is 2.38. The van der Waals surface area contributed by atoms with Crippen molar-refractivity contribution in [3.63, 3.8) is 0 Å². The van der Waals surface area contributed by atoms with Crippen molar-refractivity contribution in [3.05, 3.63) is 30.3 Å². The number of hydrogen-bond donors (Lipinski definition) is 0. The molecule has 3 heteroatoms. The fourth-order valence-electron chi connectivity index (χ4n) is 1.92. The smallest absolute Gasteiger partial charge is 0.202 e. The molecule has 1 aliphatic heterocycles. The second-order valence-electron chi connectivity index (χ2n) is 5.08. The van der Waals surface area contributed by atoms with Gasteiger partial charge in [-0.3, -0.25) is 0 Å². The first-order valence-corrected chi connectivity index (χ1v) is 6.73. The van der Waals surface area contributed by atoms with Gasteiger partial charge in [-0.05, 0) is 30.9 Å². The maximum atomic E-state index is 5.80. The quantitative estimate of drug-likeness (QED) is 0.799. The van der Waals surface area contributed by atoms with E-state index in [1.54, 1.807) is 0 Å². The van der Waals surface area contributed by atoms with Crippen LogP contribution in [0.25, 0.3) is 0 Å². The Kier molecular flexibility index (Phi) is 5.02. The topological polar surface area (TPSA) is 27.7 Å². The summed E-state index contributed by atoms with van der Waals surface area (Å²) in [7, 11) is 0. The first-order valence-electron chi connectivity index (χ1n) is 6.73. The number of rotatable bonds is 5. The van der Waals surface area contributed by atoms with Crippen molar-refractivity contribution in [2.24, 2.45) is 5.92 Å². The maximum Gasteiger partial charge on any atom is 0.202 e. The van der Waals surface area contributed by atoms with Crippen LogP contribution in [0.2, 0.25) is 0 Å². The molecule has 3 nitrogen and oxygen atoms in total. The van der Waals surface area contributed by atoms with Crippen molar-refractivity contribution in [2.75, 3.05) is 6.61 Å². The molecule has 1 saturated heterocycles. The molecule has 1 aliphatic rings. The van der Waals surface area contributed by atoms with E-state index >= 15 is 0 Å². The zero-order valence-electron chi connectivity index (χ0n) is 11.2. The molecule has 1 aromatic rings. The summed E-state index contributed by atoms with van der Waals surface area (Å²) in [6.07, 6.45) is 2.67. The Morgan fingerprint density at radius 2 is 1.89 bits per heavy atom. The van der Waals surface area contributed by atoms with Gasteiger partial charge < -0.3 is 14.2 Å². The molecule has 1 aromatic carbocycles. The van der Waals surface area contributed by atoms with E-state index in [-0.39, 0.29) is 12.6 Å². The van der Waals surface area contributed by atoms with Crippen LogP contribution in [0.15, 0.2) is 30.3 Å². The third kappa shape index (κ3) is 4.31. The Hall–Kier alpha value is -1.06. The summed E-state index contributed by atoms with van der Waals surface area (Å²) in [5.74, 6) is 1.39. The van der Waals surface area contributed by atoms with Crippen molar-refractivity contribution in [2.45, 2.75) is 45.7 Å². The highest BCUT2D eigenvalue weighted by Gasteiger charge is 2.24. The molecule has 2 atom stereocenters. The highest BCUT2D eigenvalue weighted by atomic mass is 16.8. The van der Waals surface area contributed by atoms with Crippen LogP contribution in [0.5, 0.6) is 5.75 Å². The van der Waals surface area contributed by atoms with Gasteiger partial charge in [0.2, 0.25) is 6.29 Å². The fourth-order valence-corrected chi connectivity index (χ4v) is 1.92. The van der Waals surface area contributed by atoms with Gasteiger partial charge in [-0.1, -0.05) is 32.0 Å². The van der Waals surface area contributed by atoms with E-state index in [1.165, 1.54) is 0 Å². The predicted molar refractivity (Wildman–Crippen MR) is 70.4 cm³/mol. The summed E-state index contributed by atoms with van der Waals surface area (Å²) in [4.78, 5) is 0. The largest absolute Gasteiger partial charge is 0.465 e. The molecule has 100 valence electrons. The number of hydrogen-bond acceptors (Lipinski definition) is 3. The molecular formula is C15H22O3. The van der Waals surface area contributed by atoms with Crippen LogP contribution in [0.4, 0.5) is 0 Å². The van der Waals surface area contributed by atoms with Crippen LogP contribution in [0.3, 0.4) is 0 Å². The molecule has 18 heavy (non-hydrogen) atoms. The van der Waals surface area contributed by atoms with Gasteiger partial charge in [0.1, 0.15) is 5.75 Å². The lowest BCUT2D eigenvalue weighted by molar-refractivity contribution is -0.244. The highest BCUT2D eigenvalue weighted by Crippen LogP contribution is 2.23. The Labute approximate surface area is 109 Å². The maximum absolute atomic E-state index is 5.80. The summed E-state index contributed by atoms with van der Waals surface area (Å²) in [5, 5.41) is 0. The number of benzene rings is 1. The molecule has 0 radical (unpaired) electrons. The van der Waals surface area contributed by atoms with E-state index in [2.05, 4.69) is 13.8 Å². The SMILES string of the molecule is CC(C)CO[C@H]1CCC[C@@H](Oc2ccccc2)O1. The summed E-state index contributed by atoms with van der Waals surface area (Å²) in [6, 6.07) is 9.79. The summed E-state index contributed by atoms with van der Waals surface area (Å²) in [6.45, 7) is 5.02. The van der Waals surface area contributed by atoms with Gasteiger partial charge >= 0.3 is 0 Å². The van der Waals surface area contributed by atoms with E-state index in [1.807, 2.05) is 30.3 Å². The van der Waals surface area contributed by atoms with Crippen LogP contribution in [0, 0.1) is 5.92 Å². The molecule has 1 heterocycles. The zero-order chi connectivity index (χ0) is 12.8. The van der Waals surface area contributed by atoms with E-state index in [9.17, 15) is 0 Å². The number of ether oxygens (including phenoxy) is 3. The molecular weight excluding hydrogens is 228 g/mol. The average molecular weight is 250 g/mol. The Morgan fingerprint density at radius 1 is 1.17 bits per heavy atom. The van der Waals surface area contributed by atoms with E-state index in [4.69, 9.17) is 14.2 Å². The first-order chi connectivity index (χ1) is 8.74. The van der Waals surface area contributed by atoms with Crippen LogP contribution < -0.4 is 4.74 Å². The molecule has 0 spiro atoms. The van der Waals surface area contributed by atoms with Gasteiger partial charge in [-0.25, -0.2) is 0 Å². The van der Waals surface area contributed by atoms with Crippen LogP contribution >= 0.6 is 0 Å². The molecule has 0 saturated carbocycles. The van der Waals surface area contributed by atoms with Crippen LogP contribution in [-0.2, 0) is 9.47 Å².